The fraction of sp³-hybridized carbons (Fsp3) is 0.923. The van der Waals surface area contributed by atoms with Crippen molar-refractivity contribution in [1.82, 2.24) is 10.2 Å². The van der Waals surface area contributed by atoms with E-state index >= 15 is 0 Å². The molecule has 3 atom stereocenters. The predicted octanol–water partition coefficient (Wildman–Crippen LogP) is 1.01. The average Bonchev–Trinajstić information content (AvgIpc) is 2.96. The molecule has 98 valence electrons. The van der Waals surface area contributed by atoms with E-state index in [9.17, 15) is 4.79 Å². The highest BCUT2D eigenvalue weighted by atomic mass is 16.5. The molecule has 0 radical (unpaired) electrons. The summed E-state index contributed by atoms with van der Waals surface area (Å²) in [5, 5.41) is 3.53. The Morgan fingerprint density at radius 2 is 2.24 bits per heavy atom. The summed E-state index contributed by atoms with van der Waals surface area (Å²) in [6, 6.07) is 1.04. The Balaban J connectivity index is 1.84. The zero-order valence-corrected chi connectivity index (χ0v) is 10.9. The third-order valence-electron chi connectivity index (χ3n) is 4.02. The van der Waals surface area contributed by atoms with Crippen LogP contribution in [0.1, 0.15) is 33.1 Å². The molecule has 17 heavy (non-hydrogen) atoms. The largest absolute Gasteiger partial charge is 0.380 e. The molecule has 1 N–H and O–H groups in total. The Bertz CT molecular complexity index is 270. The van der Waals surface area contributed by atoms with E-state index in [0.717, 1.165) is 26.1 Å². The maximum absolute atomic E-state index is 12.4. The van der Waals surface area contributed by atoms with Gasteiger partial charge in [-0.05, 0) is 33.1 Å². The van der Waals surface area contributed by atoms with Crippen molar-refractivity contribution < 1.29 is 9.53 Å². The quantitative estimate of drug-likeness (QED) is 0.705. The zero-order chi connectivity index (χ0) is 12.3. The van der Waals surface area contributed by atoms with E-state index < -0.39 is 0 Å². The number of nitrogens with zero attached hydrogens (tertiary/aromatic N) is 1. The van der Waals surface area contributed by atoms with Gasteiger partial charge in [0.1, 0.15) is 0 Å². The van der Waals surface area contributed by atoms with E-state index in [1.807, 2.05) is 18.7 Å². The van der Waals surface area contributed by atoms with Crippen LogP contribution in [0.5, 0.6) is 0 Å². The third kappa shape index (κ3) is 2.80. The predicted molar refractivity (Wildman–Crippen MR) is 66.8 cm³/mol. The SMILES string of the molecule is CCOCCN(CC)C(=O)C1CC2CCC1N2. The Morgan fingerprint density at radius 1 is 1.41 bits per heavy atom. The Morgan fingerprint density at radius 3 is 2.76 bits per heavy atom. The molecule has 0 aliphatic carbocycles. The van der Waals surface area contributed by atoms with Crippen LogP contribution in [0.15, 0.2) is 0 Å². The first-order valence-corrected chi connectivity index (χ1v) is 6.88. The molecule has 0 aromatic heterocycles. The van der Waals surface area contributed by atoms with Crippen molar-refractivity contribution in [3.63, 3.8) is 0 Å². The second-order valence-corrected chi connectivity index (χ2v) is 5.00. The van der Waals surface area contributed by atoms with Crippen LogP contribution in [-0.4, -0.2) is 49.2 Å². The maximum Gasteiger partial charge on any atom is 0.227 e. The van der Waals surface area contributed by atoms with Crippen molar-refractivity contribution >= 4 is 5.91 Å². The van der Waals surface area contributed by atoms with Crippen molar-refractivity contribution in [2.45, 2.75) is 45.2 Å². The molecule has 0 spiro atoms. The molecule has 2 aliphatic heterocycles. The van der Waals surface area contributed by atoms with E-state index in [1.54, 1.807) is 0 Å². The summed E-state index contributed by atoms with van der Waals surface area (Å²) in [6.45, 7) is 6.94. The van der Waals surface area contributed by atoms with Gasteiger partial charge in [0.2, 0.25) is 5.91 Å². The van der Waals surface area contributed by atoms with Gasteiger partial charge in [-0.1, -0.05) is 0 Å². The summed E-state index contributed by atoms with van der Waals surface area (Å²) in [5.74, 6) is 0.544. The van der Waals surface area contributed by atoms with Crippen LogP contribution in [-0.2, 0) is 9.53 Å². The lowest BCUT2D eigenvalue weighted by Gasteiger charge is -2.27. The molecule has 2 saturated heterocycles. The minimum atomic E-state index is 0.218. The maximum atomic E-state index is 12.4. The molecule has 2 rings (SSSR count). The average molecular weight is 240 g/mol. The lowest BCUT2D eigenvalue weighted by Crippen LogP contribution is -2.42. The number of fused-ring (bicyclic) bond motifs is 2. The van der Waals surface area contributed by atoms with Crippen molar-refractivity contribution in [3.8, 4) is 0 Å². The van der Waals surface area contributed by atoms with Crippen LogP contribution < -0.4 is 5.32 Å². The molecule has 0 aromatic carbocycles. The first-order valence-electron chi connectivity index (χ1n) is 6.88. The number of hydrogen-bond acceptors (Lipinski definition) is 3. The lowest BCUT2D eigenvalue weighted by atomic mass is 9.88. The third-order valence-corrected chi connectivity index (χ3v) is 4.02. The molecule has 2 aliphatic rings. The minimum absolute atomic E-state index is 0.218. The summed E-state index contributed by atoms with van der Waals surface area (Å²) in [6.07, 6.45) is 3.46. The number of carbonyl (C=O) groups excluding carboxylic acids is 1. The molecule has 3 unspecified atom stereocenters. The summed E-state index contributed by atoms with van der Waals surface area (Å²) in [4.78, 5) is 14.3. The standard InChI is InChI=1S/C13H24N2O2/c1-3-15(7-8-17-4-2)13(16)11-9-10-5-6-12(11)14-10/h10-12,14H,3-9H2,1-2H3. The molecule has 2 heterocycles. The van der Waals surface area contributed by atoms with Gasteiger partial charge < -0.3 is 15.0 Å². The van der Waals surface area contributed by atoms with Gasteiger partial charge in [-0.2, -0.15) is 0 Å². The number of rotatable bonds is 6. The summed E-state index contributed by atoms with van der Waals surface area (Å²) >= 11 is 0. The van der Waals surface area contributed by atoms with Crippen LogP contribution >= 0.6 is 0 Å². The van der Waals surface area contributed by atoms with Gasteiger partial charge in [0, 0.05) is 31.8 Å². The molecule has 0 aromatic rings. The molecular weight excluding hydrogens is 216 g/mol. The topological polar surface area (TPSA) is 41.6 Å². The van der Waals surface area contributed by atoms with Gasteiger partial charge in [0.15, 0.2) is 0 Å². The normalized spacial score (nSPS) is 30.8. The van der Waals surface area contributed by atoms with Crippen molar-refractivity contribution in [3.05, 3.63) is 0 Å². The molecule has 1 amide bonds. The van der Waals surface area contributed by atoms with Crippen molar-refractivity contribution in [2.75, 3.05) is 26.3 Å². The van der Waals surface area contributed by atoms with Gasteiger partial charge in [0.05, 0.1) is 12.5 Å². The Hall–Kier alpha value is -0.610. The van der Waals surface area contributed by atoms with E-state index in [-0.39, 0.29) is 5.92 Å². The highest BCUT2D eigenvalue weighted by Gasteiger charge is 2.43. The highest BCUT2D eigenvalue weighted by molar-refractivity contribution is 5.80. The van der Waals surface area contributed by atoms with Crippen molar-refractivity contribution in [1.29, 1.82) is 0 Å². The van der Waals surface area contributed by atoms with E-state index in [4.69, 9.17) is 4.74 Å². The van der Waals surface area contributed by atoms with Crippen LogP contribution in [0, 0.1) is 5.92 Å². The first-order chi connectivity index (χ1) is 8.26. The molecule has 2 bridgehead atoms. The Kier molecular flexibility index (Phi) is 4.40. The van der Waals surface area contributed by atoms with Gasteiger partial charge >= 0.3 is 0 Å². The summed E-state index contributed by atoms with van der Waals surface area (Å²) in [5.41, 5.74) is 0. The van der Waals surface area contributed by atoms with E-state index in [0.29, 0.717) is 24.6 Å². The van der Waals surface area contributed by atoms with Crippen LogP contribution in [0.4, 0.5) is 0 Å². The van der Waals surface area contributed by atoms with Crippen LogP contribution in [0.3, 0.4) is 0 Å². The number of likely N-dealkylation sites (N-methyl/N-ethyl adjacent to an activating group) is 1. The van der Waals surface area contributed by atoms with Crippen LogP contribution in [0.2, 0.25) is 0 Å². The number of hydrogen-bond donors (Lipinski definition) is 1. The summed E-state index contributed by atoms with van der Waals surface area (Å²) < 4.78 is 5.33. The fourth-order valence-electron chi connectivity index (χ4n) is 3.07. The number of nitrogens with one attached hydrogen (secondary N) is 1. The summed E-state index contributed by atoms with van der Waals surface area (Å²) in [7, 11) is 0. The number of carbonyl (C=O) groups is 1. The smallest absolute Gasteiger partial charge is 0.227 e. The van der Waals surface area contributed by atoms with E-state index in [2.05, 4.69) is 5.32 Å². The molecule has 4 nitrogen and oxygen atoms in total. The van der Waals surface area contributed by atoms with Crippen LogP contribution in [0.25, 0.3) is 0 Å². The fourth-order valence-corrected chi connectivity index (χ4v) is 3.07. The van der Waals surface area contributed by atoms with E-state index in [1.165, 1.54) is 12.8 Å². The highest BCUT2D eigenvalue weighted by Crippen LogP contribution is 2.34. The second kappa shape index (κ2) is 5.83. The zero-order valence-electron chi connectivity index (χ0n) is 10.9. The van der Waals surface area contributed by atoms with Gasteiger partial charge in [-0.3, -0.25) is 4.79 Å². The minimum Gasteiger partial charge on any atom is -0.380 e. The van der Waals surface area contributed by atoms with Gasteiger partial charge in [-0.25, -0.2) is 0 Å². The second-order valence-electron chi connectivity index (χ2n) is 5.00. The van der Waals surface area contributed by atoms with Gasteiger partial charge in [0.25, 0.3) is 0 Å². The first kappa shape index (κ1) is 12.8. The number of amides is 1. The molecular formula is C13H24N2O2. The lowest BCUT2D eigenvalue weighted by molar-refractivity contribution is -0.136. The van der Waals surface area contributed by atoms with Crippen molar-refractivity contribution in [2.24, 2.45) is 5.92 Å². The Labute approximate surface area is 104 Å². The molecule has 4 heteroatoms. The monoisotopic (exact) mass is 240 g/mol. The molecule has 2 fully saturated rings. The molecule has 0 saturated carbocycles. The van der Waals surface area contributed by atoms with Gasteiger partial charge in [-0.15, -0.1) is 0 Å². The number of ether oxygens (including phenoxy) is 1.